The fourth-order valence-electron chi connectivity index (χ4n) is 6.66. The van der Waals surface area contributed by atoms with E-state index in [1.54, 1.807) is 48.5 Å². The molecule has 0 radical (unpaired) electrons. The molecule has 244 valence electrons. The Bertz CT molecular complexity index is 3520. The SMILES string of the molecule is [2H]c1c([2H])c([2H])c2c([2H])c(-c3ccc(N(c4ccc(-c5c([2H])c([2H])c6c([2H])c([2H])c([2H])c([2H])c6c5[2H])cc4)c4ccc(-c5cccc6oc7ccccc7c56)cc4)cc3)c([2H])c([2H])c2c1[2H]. The third-order valence-electron chi connectivity index (χ3n) is 9.17. The van der Waals surface area contributed by atoms with Gasteiger partial charge in [-0.1, -0.05) is 139 Å². The van der Waals surface area contributed by atoms with Gasteiger partial charge >= 0.3 is 0 Å². The van der Waals surface area contributed by atoms with Crippen molar-refractivity contribution in [3.05, 3.63) is 200 Å². The van der Waals surface area contributed by atoms with Crippen molar-refractivity contribution in [3.63, 3.8) is 0 Å². The highest BCUT2D eigenvalue weighted by Gasteiger charge is 2.16. The highest BCUT2D eigenvalue weighted by atomic mass is 16.3. The van der Waals surface area contributed by atoms with E-state index in [-0.39, 0.29) is 56.8 Å². The van der Waals surface area contributed by atoms with Crippen molar-refractivity contribution in [3.8, 4) is 33.4 Å². The van der Waals surface area contributed by atoms with E-state index in [1.807, 2.05) is 71.6 Å². The molecule has 1 aromatic heterocycles. The van der Waals surface area contributed by atoms with E-state index in [4.69, 9.17) is 23.6 Å². The first-order chi connectivity index (χ1) is 31.6. The van der Waals surface area contributed by atoms with Gasteiger partial charge in [-0.05, 0) is 116 Å². The van der Waals surface area contributed by atoms with Crippen LogP contribution < -0.4 is 4.90 Å². The Balaban J connectivity index is 1.11. The van der Waals surface area contributed by atoms with E-state index in [2.05, 4.69) is 0 Å². The van der Waals surface area contributed by atoms with Crippen LogP contribution >= 0.6 is 0 Å². The van der Waals surface area contributed by atoms with Crippen LogP contribution in [0.2, 0.25) is 0 Å². The zero-order valence-corrected chi connectivity index (χ0v) is 27.3. The summed E-state index contributed by atoms with van der Waals surface area (Å²) < 4.78 is 126. The van der Waals surface area contributed by atoms with Gasteiger partial charge in [-0.25, -0.2) is 0 Å². The number of hydrogen-bond acceptors (Lipinski definition) is 2. The van der Waals surface area contributed by atoms with Crippen molar-refractivity contribution in [1.82, 2.24) is 0 Å². The minimum atomic E-state index is -0.542. The molecule has 0 fully saturated rings. The van der Waals surface area contributed by atoms with Crippen molar-refractivity contribution in [2.24, 2.45) is 0 Å². The Morgan fingerprint density at radius 3 is 1.42 bits per heavy atom. The number of para-hydroxylation sites is 1. The molecule has 0 saturated heterocycles. The topological polar surface area (TPSA) is 16.4 Å². The van der Waals surface area contributed by atoms with Crippen molar-refractivity contribution < 1.29 is 23.6 Å². The Morgan fingerprint density at radius 1 is 0.385 bits per heavy atom. The first-order valence-electron chi connectivity index (χ1n) is 23.6. The van der Waals surface area contributed by atoms with Gasteiger partial charge in [0.25, 0.3) is 0 Å². The summed E-state index contributed by atoms with van der Waals surface area (Å²) in [5.41, 5.74) is 6.26. The van der Waals surface area contributed by atoms with Gasteiger partial charge in [0.05, 0.1) is 19.2 Å². The van der Waals surface area contributed by atoms with Gasteiger partial charge in [0.15, 0.2) is 0 Å². The van der Waals surface area contributed by atoms with Gasteiger partial charge in [0.1, 0.15) is 11.2 Å². The fourth-order valence-corrected chi connectivity index (χ4v) is 6.66. The highest BCUT2D eigenvalue weighted by Crippen LogP contribution is 2.40. The average Bonchev–Trinajstić information content (AvgIpc) is 3.71. The molecule has 2 nitrogen and oxygen atoms in total. The van der Waals surface area contributed by atoms with Crippen LogP contribution in [0.1, 0.15) is 19.2 Å². The van der Waals surface area contributed by atoms with Gasteiger partial charge in [-0.15, -0.1) is 0 Å². The Hall–Kier alpha value is -6.90. The second-order valence-electron chi connectivity index (χ2n) is 12.3. The maximum atomic E-state index is 9.08. The summed E-state index contributed by atoms with van der Waals surface area (Å²) in [6, 6.07) is 29.4. The van der Waals surface area contributed by atoms with Crippen molar-refractivity contribution in [1.29, 1.82) is 0 Å². The molecule has 0 unspecified atom stereocenters. The normalized spacial score (nSPS) is 15.2. The summed E-state index contributed by atoms with van der Waals surface area (Å²) in [7, 11) is 0. The van der Waals surface area contributed by atoms with Gasteiger partial charge in [-0.2, -0.15) is 0 Å². The van der Waals surface area contributed by atoms with Crippen LogP contribution in [-0.4, -0.2) is 0 Å². The molecule has 0 atom stereocenters. The van der Waals surface area contributed by atoms with Gasteiger partial charge < -0.3 is 9.32 Å². The molecule has 10 aromatic rings. The van der Waals surface area contributed by atoms with E-state index >= 15 is 0 Å². The smallest absolute Gasteiger partial charge is 0.136 e. The van der Waals surface area contributed by atoms with Crippen molar-refractivity contribution >= 4 is 60.5 Å². The van der Waals surface area contributed by atoms with E-state index in [0.29, 0.717) is 22.5 Å². The van der Waals surface area contributed by atoms with Gasteiger partial charge in [0, 0.05) is 27.8 Å². The molecule has 2 heteroatoms. The lowest BCUT2D eigenvalue weighted by Crippen LogP contribution is -2.09. The van der Waals surface area contributed by atoms with Crippen LogP contribution in [0.4, 0.5) is 17.1 Å². The summed E-state index contributed by atoms with van der Waals surface area (Å²) in [5, 5.41) is 1.31. The average molecular weight is 678 g/mol. The van der Waals surface area contributed by atoms with Crippen LogP contribution in [0, 0.1) is 0 Å². The lowest BCUT2D eigenvalue weighted by Gasteiger charge is -2.26. The third kappa shape index (κ3) is 5.30. The second kappa shape index (κ2) is 12.5. The molecule has 0 amide bonds. The molecule has 0 aliphatic rings. The van der Waals surface area contributed by atoms with Crippen LogP contribution in [0.3, 0.4) is 0 Å². The molecule has 0 saturated carbocycles. The number of anilines is 3. The highest BCUT2D eigenvalue weighted by molar-refractivity contribution is 6.12. The predicted molar refractivity (Wildman–Crippen MR) is 220 cm³/mol. The van der Waals surface area contributed by atoms with Crippen LogP contribution in [0.15, 0.2) is 204 Å². The minimum Gasteiger partial charge on any atom is -0.456 e. The standard InChI is InChI=1S/C50H33NO/c1-3-10-39-32-41(18-16-34(39)8-1)36-20-26-43(27-21-36)51(44-28-22-37(23-29-44)42-19-17-35-9-2-4-11-40(35)33-42)45-30-24-38(25-31-45)46-13-7-15-49-50(46)47-12-5-6-14-48(47)52-49/h1-33H/i1D,2D,3D,4D,8D,9D,10D,11D,16D,17D,18D,19D,32D,33D. The molecule has 0 bridgehead atoms. The van der Waals surface area contributed by atoms with Crippen LogP contribution in [0.5, 0.6) is 0 Å². The molecule has 1 heterocycles. The molecule has 10 rings (SSSR count). The van der Waals surface area contributed by atoms with E-state index < -0.39 is 60.4 Å². The van der Waals surface area contributed by atoms with E-state index in [0.717, 1.165) is 38.8 Å². The maximum Gasteiger partial charge on any atom is 0.136 e. The number of furan rings is 1. The first-order valence-corrected chi connectivity index (χ1v) is 16.6. The van der Waals surface area contributed by atoms with Crippen LogP contribution in [-0.2, 0) is 0 Å². The first kappa shape index (κ1) is 18.9. The lowest BCUT2D eigenvalue weighted by molar-refractivity contribution is 0.669. The molecular weight excluding hydrogens is 631 g/mol. The molecule has 0 aliphatic heterocycles. The summed E-state index contributed by atoms with van der Waals surface area (Å²) >= 11 is 0. The number of fused-ring (bicyclic) bond motifs is 5. The summed E-state index contributed by atoms with van der Waals surface area (Å²) in [4.78, 5) is 1.94. The Kier molecular flexibility index (Phi) is 4.53. The second-order valence-corrected chi connectivity index (χ2v) is 12.3. The number of rotatable bonds is 6. The summed E-state index contributed by atoms with van der Waals surface area (Å²) in [5.74, 6) is 0. The fraction of sp³-hybridized carbons (Fsp3) is 0. The molecule has 0 aliphatic carbocycles. The zero-order valence-electron chi connectivity index (χ0n) is 41.3. The Labute approximate surface area is 322 Å². The molecular formula is C50H33NO. The maximum absolute atomic E-state index is 9.08. The lowest BCUT2D eigenvalue weighted by atomic mass is 9.98. The van der Waals surface area contributed by atoms with Crippen LogP contribution in [0.25, 0.3) is 76.9 Å². The number of benzene rings is 9. The quantitative estimate of drug-likeness (QED) is 0.174. The third-order valence-corrected chi connectivity index (χ3v) is 9.17. The number of nitrogens with zero attached hydrogens (tertiary/aromatic N) is 1. The largest absolute Gasteiger partial charge is 0.456 e. The van der Waals surface area contributed by atoms with Crippen molar-refractivity contribution in [2.75, 3.05) is 4.90 Å². The predicted octanol–water partition coefficient (Wildman–Crippen LogP) is 14.4. The van der Waals surface area contributed by atoms with E-state index in [9.17, 15) is 0 Å². The monoisotopic (exact) mass is 677 g/mol. The Morgan fingerprint density at radius 2 is 0.865 bits per heavy atom. The molecule has 52 heavy (non-hydrogen) atoms. The molecule has 0 spiro atoms. The van der Waals surface area contributed by atoms with E-state index in [1.165, 1.54) is 0 Å². The molecule has 0 N–H and O–H groups in total. The van der Waals surface area contributed by atoms with Crippen molar-refractivity contribution in [2.45, 2.75) is 0 Å². The van der Waals surface area contributed by atoms with Gasteiger partial charge in [0.2, 0.25) is 0 Å². The minimum absolute atomic E-state index is 0.0386. The zero-order chi connectivity index (χ0) is 46.6. The summed E-state index contributed by atoms with van der Waals surface area (Å²) in [6.07, 6.45) is 0. The summed E-state index contributed by atoms with van der Waals surface area (Å²) in [6.45, 7) is 0. The number of hydrogen-bond donors (Lipinski definition) is 0. The van der Waals surface area contributed by atoms with Gasteiger partial charge in [-0.3, -0.25) is 0 Å². The molecule has 9 aromatic carbocycles.